The maximum absolute atomic E-state index is 4.54. The minimum absolute atomic E-state index is 0.391. The molecule has 1 aliphatic heterocycles. The maximum atomic E-state index is 4.54. The molecule has 0 bridgehead atoms. The van der Waals surface area contributed by atoms with E-state index in [9.17, 15) is 0 Å². The van der Waals surface area contributed by atoms with Crippen LogP contribution >= 0.6 is 0 Å². The Kier molecular flexibility index (Phi) is 3.76. The number of rotatable bonds is 3. The van der Waals surface area contributed by atoms with Crippen molar-refractivity contribution in [2.45, 2.75) is 32.7 Å². The fourth-order valence-electron chi connectivity index (χ4n) is 3.10. The van der Waals surface area contributed by atoms with Crippen molar-refractivity contribution in [1.29, 1.82) is 0 Å². The fourth-order valence-corrected chi connectivity index (χ4v) is 3.10. The molecule has 3 aromatic heterocycles. The third-order valence-corrected chi connectivity index (χ3v) is 4.42. The topological polar surface area (TPSA) is 71.2 Å². The van der Waals surface area contributed by atoms with Gasteiger partial charge in [-0.3, -0.25) is 0 Å². The molecule has 1 N–H and O–H groups in total. The highest BCUT2D eigenvalue weighted by atomic mass is 15.3. The zero-order valence-corrected chi connectivity index (χ0v) is 14.0. The molecule has 0 aromatic carbocycles. The molecule has 3 aromatic rings. The molecule has 7 nitrogen and oxygen atoms in total. The van der Waals surface area contributed by atoms with Crippen LogP contribution in [0.2, 0.25) is 0 Å². The van der Waals surface area contributed by atoms with Gasteiger partial charge in [0.05, 0.1) is 0 Å². The zero-order valence-electron chi connectivity index (χ0n) is 14.0. The molecule has 4 heterocycles. The number of hydrogen-bond donors (Lipinski definition) is 1. The molecule has 7 heteroatoms. The number of aromatic nitrogens is 5. The standard InChI is InChI=1S/C17H21N7/c1-12-3-4-15-21-17(22-24(15)10-12)20-14-5-7-23(8-6-14)16-9-13(2)18-11-19-16/h3-4,9-11,14H,5-8H2,1-2H3,(H,20,22). The highest BCUT2D eigenvalue weighted by Crippen LogP contribution is 2.20. The van der Waals surface area contributed by atoms with Crippen LogP contribution in [0.3, 0.4) is 0 Å². The number of piperidine rings is 1. The van der Waals surface area contributed by atoms with Gasteiger partial charge in [0.2, 0.25) is 5.95 Å². The Morgan fingerprint density at radius 2 is 1.96 bits per heavy atom. The monoisotopic (exact) mass is 323 g/mol. The molecule has 4 rings (SSSR count). The summed E-state index contributed by atoms with van der Waals surface area (Å²) in [6.07, 6.45) is 5.71. The number of anilines is 2. The van der Waals surface area contributed by atoms with E-state index in [1.165, 1.54) is 5.56 Å². The smallest absolute Gasteiger partial charge is 0.243 e. The minimum atomic E-state index is 0.391. The first kappa shape index (κ1) is 14.9. The van der Waals surface area contributed by atoms with Gasteiger partial charge in [-0.15, -0.1) is 5.10 Å². The van der Waals surface area contributed by atoms with E-state index >= 15 is 0 Å². The molecule has 0 atom stereocenters. The molecule has 1 fully saturated rings. The lowest BCUT2D eigenvalue weighted by Crippen LogP contribution is -2.39. The van der Waals surface area contributed by atoms with Crippen LogP contribution in [0.25, 0.3) is 5.65 Å². The van der Waals surface area contributed by atoms with Gasteiger partial charge < -0.3 is 10.2 Å². The van der Waals surface area contributed by atoms with Gasteiger partial charge in [0.1, 0.15) is 12.1 Å². The first-order valence-corrected chi connectivity index (χ1v) is 8.30. The van der Waals surface area contributed by atoms with E-state index in [-0.39, 0.29) is 0 Å². The number of aryl methyl sites for hydroxylation is 2. The van der Waals surface area contributed by atoms with Crippen LogP contribution in [0.4, 0.5) is 11.8 Å². The largest absolute Gasteiger partial charge is 0.356 e. The number of hydrogen-bond acceptors (Lipinski definition) is 6. The van der Waals surface area contributed by atoms with Crippen molar-refractivity contribution in [3.8, 4) is 0 Å². The van der Waals surface area contributed by atoms with Crippen molar-refractivity contribution in [1.82, 2.24) is 24.6 Å². The lowest BCUT2D eigenvalue weighted by molar-refractivity contribution is 0.520. The molecule has 0 aliphatic carbocycles. The van der Waals surface area contributed by atoms with Gasteiger partial charge in [0, 0.05) is 37.1 Å². The van der Waals surface area contributed by atoms with E-state index < -0.39 is 0 Å². The average molecular weight is 323 g/mol. The molecule has 24 heavy (non-hydrogen) atoms. The number of pyridine rings is 1. The number of fused-ring (bicyclic) bond motifs is 1. The molecular formula is C17H21N7. The van der Waals surface area contributed by atoms with Gasteiger partial charge in [-0.05, 0) is 38.3 Å². The van der Waals surface area contributed by atoms with Gasteiger partial charge in [-0.25, -0.2) is 14.5 Å². The first-order valence-electron chi connectivity index (χ1n) is 8.30. The molecule has 124 valence electrons. The summed E-state index contributed by atoms with van der Waals surface area (Å²) >= 11 is 0. The molecule has 1 aliphatic rings. The van der Waals surface area contributed by atoms with Crippen LogP contribution in [0, 0.1) is 13.8 Å². The van der Waals surface area contributed by atoms with Crippen molar-refractivity contribution < 1.29 is 0 Å². The normalized spacial score (nSPS) is 15.8. The quantitative estimate of drug-likeness (QED) is 0.797. The Labute approximate surface area is 140 Å². The summed E-state index contributed by atoms with van der Waals surface area (Å²) in [7, 11) is 0. The third-order valence-electron chi connectivity index (χ3n) is 4.42. The van der Waals surface area contributed by atoms with E-state index in [2.05, 4.69) is 43.3 Å². The highest BCUT2D eigenvalue weighted by molar-refractivity contribution is 5.45. The lowest BCUT2D eigenvalue weighted by atomic mass is 10.1. The SMILES string of the molecule is Cc1ccc2nc(NC3CCN(c4cc(C)ncn4)CC3)nn2c1. The van der Waals surface area contributed by atoms with Crippen LogP contribution in [-0.4, -0.2) is 43.7 Å². The minimum Gasteiger partial charge on any atom is -0.356 e. The summed E-state index contributed by atoms with van der Waals surface area (Å²) in [4.78, 5) is 15.4. The molecule has 1 saturated heterocycles. The molecule has 0 unspecified atom stereocenters. The summed E-state index contributed by atoms with van der Waals surface area (Å²) in [5, 5.41) is 7.99. The second-order valence-corrected chi connectivity index (χ2v) is 6.37. The van der Waals surface area contributed by atoms with Crippen molar-refractivity contribution in [2.75, 3.05) is 23.3 Å². The Morgan fingerprint density at radius 3 is 2.75 bits per heavy atom. The van der Waals surface area contributed by atoms with Crippen LogP contribution < -0.4 is 10.2 Å². The number of nitrogens with zero attached hydrogens (tertiary/aromatic N) is 6. The van der Waals surface area contributed by atoms with E-state index in [4.69, 9.17) is 0 Å². The van der Waals surface area contributed by atoms with Crippen molar-refractivity contribution in [2.24, 2.45) is 0 Å². The summed E-state index contributed by atoms with van der Waals surface area (Å²) in [6, 6.07) is 6.48. The Balaban J connectivity index is 1.40. The molecular weight excluding hydrogens is 302 g/mol. The molecule has 0 saturated carbocycles. The van der Waals surface area contributed by atoms with E-state index in [0.29, 0.717) is 12.0 Å². The van der Waals surface area contributed by atoms with Gasteiger partial charge in [0.25, 0.3) is 0 Å². The maximum Gasteiger partial charge on any atom is 0.243 e. The highest BCUT2D eigenvalue weighted by Gasteiger charge is 2.21. The first-order chi connectivity index (χ1) is 11.7. The van der Waals surface area contributed by atoms with Crippen LogP contribution in [-0.2, 0) is 0 Å². The van der Waals surface area contributed by atoms with E-state index in [1.54, 1.807) is 6.33 Å². The summed E-state index contributed by atoms with van der Waals surface area (Å²) in [5.74, 6) is 1.72. The molecule has 0 radical (unpaired) electrons. The average Bonchev–Trinajstić information content (AvgIpc) is 2.97. The lowest BCUT2D eigenvalue weighted by Gasteiger charge is -2.32. The van der Waals surface area contributed by atoms with E-state index in [0.717, 1.165) is 43.1 Å². The fraction of sp³-hybridized carbons (Fsp3) is 0.412. The molecule has 0 amide bonds. The van der Waals surface area contributed by atoms with E-state index in [1.807, 2.05) is 29.8 Å². The van der Waals surface area contributed by atoms with Gasteiger partial charge in [0.15, 0.2) is 5.65 Å². The Bertz CT molecular complexity index is 849. The van der Waals surface area contributed by atoms with Gasteiger partial charge >= 0.3 is 0 Å². The van der Waals surface area contributed by atoms with Crippen LogP contribution in [0.5, 0.6) is 0 Å². The predicted molar refractivity (Wildman–Crippen MR) is 93.4 cm³/mol. The summed E-state index contributed by atoms with van der Waals surface area (Å²) in [5.41, 5.74) is 3.05. The predicted octanol–water partition coefficient (Wildman–Crippen LogP) is 2.22. The molecule has 0 spiro atoms. The summed E-state index contributed by atoms with van der Waals surface area (Å²) in [6.45, 7) is 6.00. The van der Waals surface area contributed by atoms with Crippen molar-refractivity contribution >= 4 is 17.4 Å². The summed E-state index contributed by atoms with van der Waals surface area (Å²) < 4.78 is 1.83. The number of nitrogens with one attached hydrogen (secondary N) is 1. The second-order valence-electron chi connectivity index (χ2n) is 6.37. The Morgan fingerprint density at radius 1 is 1.12 bits per heavy atom. The third kappa shape index (κ3) is 3.02. The van der Waals surface area contributed by atoms with Gasteiger partial charge in [-0.1, -0.05) is 6.07 Å². The second kappa shape index (κ2) is 6.07. The van der Waals surface area contributed by atoms with Crippen molar-refractivity contribution in [3.05, 3.63) is 42.0 Å². The van der Waals surface area contributed by atoms with Crippen molar-refractivity contribution in [3.63, 3.8) is 0 Å². The Hall–Kier alpha value is -2.70. The van der Waals surface area contributed by atoms with Crippen LogP contribution in [0.15, 0.2) is 30.7 Å². The zero-order chi connectivity index (χ0) is 16.5. The van der Waals surface area contributed by atoms with Crippen LogP contribution in [0.1, 0.15) is 24.1 Å². The van der Waals surface area contributed by atoms with Gasteiger partial charge in [-0.2, -0.15) is 4.98 Å².